The molecule has 0 spiro atoms. The molecule has 21 rings (SSSR count). The van der Waals surface area contributed by atoms with Crippen LogP contribution in [0, 0.1) is 0 Å². The van der Waals surface area contributed by atoms with Crippen molar-refractivity contribution in [3.8, 4) is 0 Å². The number of aromatic amines is 3. The number of ether oxygens (including phenoxy) is 6. The lowest BCUT2D eigenvalue weighted by Crippen LogP contribution is -2.39. The zero-order valence-electron chi connectivity index (χ0n) is 68.0. The maximum absolute atomic E-state index is 16.0. The van der Waals surface area contributed by atoms with Gasteiger partial charge in [0.1, 0.15) is 108 Å². The zero-order valence-corrected chi connectivity index (χ0v) is 76.7. The Morgan fingerprint density at radius 3 is 1.87 bits per heavy atom. The van der Waals surface area contributed by atoms with E-state index in [9.17, 15) is 62.5 Å². The number of anilines is 6. The molecule has 0 amide bonds. The summed E-state index contributed by atoms with van der Waals surface area (Å²) < 4.78 is 178. The first-order valence-electron chi connectivity index (χ1n) is 39.3. The van der Waals surface area contributed by atoms with Crippen LogP contribution in [0.25, 0.3) is 66.9 Å². The first-order chi connectivity index (χ1) is 64.1. The predicted molar refractivity (Wildman–Crippen MR) is 459 cm³/mol. The monoisotopic (exact) mass is 2090 g/mol. The number of hydrogen-bond donors (Lipinski definition) is 16. The summed E-state index contributed by atoms with van der Waals surface area (Å²) in [4.78, 5) is 157. The van der Waals surface area contributed by atoms with Gasteiger partial charge in [0, 0.05) is 32.6 Å². The zero-order chi connectivity index (χ0) is 95.2. The first-order valence-corrected chi connectivity index (χ1v) is 52.5. The average Bonchev–Trinajstić information content (AvgIpc) is 1.59. The van der Waals surface area contributed by atoms with E-state index in [1.807, 2.05) is 0 Å². The first kappa shape index (κ1) is 95.2. The van der Waals surface area contributed by atoms with E-state index in [1.54, 1.807) is 21.4 Å². The SMILES string of the molecule is COP(=O)(O)OC[C@H]1O[C@@H](n2cnc3c(=O)[nH]c(N)nc32)[C@H](OP(O)(=S)OC[C@]23CO[C@H](C2)[C@H](n2cnc4c(N)ncnc42)O3)[C@H]1F.Nc1nc2c(ncn2[C@@H]2O[C@@H]3COP(=O)(O)O[C@H]4C[C@H](n5ccc6c(N)ncnc65)O[C@@H]4COP(O)(=S)O[C@@H]2C3)c(=O)[nH]1.Nc1nc2c(nnn2[C@@H]2S[C@@H]3COP(=O)(O)O[C@H]4[C@H](F)[C@H](n5nnc6c(N)ncnc65)O[C@@H]4COP(O)(=S)O[C@@H]2[C@@H]3O)c(=O)[nH]1. The second-order valence-electron chi connectivity index (χ2n) is 30.8. The topological polar surface area (TPSA) is 849 Å². The van der Waals surface area contributed by atoms with E-state index in [1.165, 1.54) is 29.9 Å². The number of nitrogens with zero attached hydrogens (tertiary/aromatic N) is 22. The number of aliphatic hydroxyl groups is 1. The number of rotatable bonds is 15. The molecular weight excluding hydrogens is 2010 g/mol. The Bertz CT molecular complexity index is 7120. The van der Waals surface area contributed by atoms with Crippen molar-refractivity contribution in [2.75, 3.05) is 87.8 Å². The average molecular weight is 2090 g/mol. The fourth-order valence-electron chi connectivity index (χ4n) is 16.1. The van der Waals surface area contributed by atoms with Gasteiger partial charge < -0.3 is 120 Å². The third kappa shape index (κ3) is 19.0. The number of fused-ring (bicyclic) bond motifs is 14. The van der Waals surface area contributed by atoms with Gasteiger partial charge in [-0.1, -0.05) is 10.4 Å². The summed E-state index contributed by atoms with van der Waals surface area (Å²) >= 11 is 16.7. The molecule has 9 saturated heterocycles. The van der Waals surface area contributed by atoms with Crippen molar-refractivity contribution >= 4 is 193 Å². The number of nitrogen functional groups attached to an aromatic ring is 6. The van der Waals surface area contributed by atoms with Crippen LogP contribution in [0.4, 0.5) is 44.1 Å². The number of H-pyrrole nitrogens is 3. The number of alkyl halides is 2. The van der Waals surface area contributed by atoms with E-state index in [4.69, 9.17) is 148 Å². The summed E-state index contributed by atoms with van der Waals surface area (Å²) in [5.41, 5.74) is 32.6. The summed E-state index contributed by atoms with van der Waals surface area (Å²) in [5, 5.41) is 25.0. The van der Waals surface area contributed by atoms with Crippen molar-refractivity contribution in [1.82, 2.24) is 123 Å². The molecule has 135 heavy (non-hydrogen) atoms. The fraction of sp³-hybridized carbons (Fsp3) is 0.525. The van der Waals surface area contributed by atoms with Gasteiger partial charge in [-0.25, -0.2) is 72.0 Å². The minimum Gasteiger partial charge on any atom is -0.389 e. The molecule has 21 heterocycles. The summed E-state index contributed by atoms with van der Waals surface area (Å²) in [6.07, 6.45) is -13.7. The Kier molecular flexibility index (Phi) is 25.7. The number of hydrogen-bond acceptors (Lipinski definition) is 51. The lowest BCUT2D eigenvalue weighted by atomic mass is 10.0. The number of phosphoric ester groups is 3. The maximum atomic E-state index is 16.0. The molecule has 6 bridgehead atoms. The van der Waals surface area contributed by atoms with Gasteiger partial charge in [-0.15, -0.1) is 22.0 Å². The van der Waals surface area contributed by atoms with Gasteiger partial charge >= 0.3 is 43.6 Å². The van der Waals surface area contributed by atoms with Crippen LogP contribution in [0.1, 0.15) is 55.8 Å². The van der Waals surface area contributed by atoms with Crippen LogP contribution in [-0.4, -0.2) is 301 Å². The minimum atomic E-state index is -5.06. The van der Waals surface area contributed by atoms with Crippen LogP contribution in [0.15, 0.2) is 64.6 Å². The van der Waals surface area contributed by atoms with Gasteiger partial charge in [0.2, 0.25) is 17.8 Å². The number of halogens is 2. The molecule has 0 aromatic carbocycles. The van der Waals surface area contributed by atoms with Crippen molar-refractivity contribution in [1.29, 1.82) is 0 Å². The minimum absolute atomic E-state index is 0.00332. The van der Waals surface area contributed by atoms with Gasteiger partial charge in [0.05, 0.1) is 88.1 Å². The third-order valence-electron chi connectivity index (χ3n) is 22.1. The quantitative estimate of drug-likeness (QED) is 0.0519. The second kappa shape index (κ2) is 36.5. The number of aromatic nitrogens is 25. The van der Waals surface area contributed by atoms with E-state index in [0.717, 1.165) is 45.5 Å². The second-order valence-corrected chi connectivity index (χ2v) is 44.9. The van der Waals surface area contributed by atoms with E-state index < -0.39 is 207 Å². The number of nitrogens with one attached hydrogen (secondary N) is 3. The lowest BCUT2D eigenvalue weighted by molar-refractivity contribution is -0.180. The van der Waals surface area contributed by atoms with Crippen LogP contribution in [0.3, 0.4) is 0 Å². The molecule has 9 fully saturated rings. The summed E-state index contributed by atoms with van der Waals surface area (Å²) in [6, 6.07) is 1.72. The Morgan fingerprint density at radius 1 is 0.585 bits per heavy atom. The Morgan fingerprint density at radius 2 is 1.18 bits per heavy atom. The van der Waals surface area contributed by atoms with Gasteiger partial charge in [-0.2, -0.15) is 19.6 Å². The lowest BCUT2D eigenvalue weighted by Gasteiger charge is -2.32. The summed E-state index contributed by atoms with van der Waals surface area (Å²) in [7, 11) is -13.3. The van der Waals surface area contributed by atoms with Crippen molar-refractivity contribution < 1.29 is 140 Å². The van der Waals surface area contributed by atoms with Gasteiger partial charge in [-0.05, 0) is 41.5 Å². The Balaban J connectivity index is 0.000000130. The number of imidazole rings is 3. The van der Waals surface area contributed by atoms with Crippen LogP contribution in [-0.2, 0) is 132 Å². The molecule has 9 aliphatic rings. The van der Waals surface area contributed by atoms with Crippen molar-refractivity contribution in [3.63, 3.8) is 0 Å². The Labute approximate surface area is 766 Å². The molecule has 12 aromatic heterocycles. The fourth-order valence-corrected chi connectivity index (χ4v) is 24.4. The number of aliphatic hydroxyl groups excluding tert-OH is 1. The molecule has 0 radical (unpaired) electrons. The molecule has 9 aliphatic heterocycles. The Hall–Kier alpha value is -8.72. The van der Waals surface area contributed by atoms with E-state index in [-0.39, 0.29) is 119 Å². The van der Waals surface area contributed by atoms with Crippen LogP contribution in [0.5, 0.6) is 0 Å². The molecule has 0 saturated carbocycles. The molecule has 27 atom stereocenters. The van der Waals surface area contributed by atoms with Crippen LogP contribution >= 0.6 is 55.4 Å². The van der Waals surface area contributed by atoms with E-state index >= 15 is 8.78 Å². The summed E-state index contributed by atoms with van der Waals surface area (Å²) in [6.45, 7) is -15.6. The summed E-state index contributed by atoms with van der Waals surface area (Å²) in [5.74, 6) is -0.232. The van der Waals surface area contributed by atoms with Gasteiger partial charge in [-0.3, -0.25) is 79.2 Å². The van der Waals surface area contributed by atoms with E-state index in [0.29, 0.717) is 28.6 Å². The third-order valence-corrected chi connectivity index (χ3v) is 31.3. The van der Waals surface area contributed by atoms with Gasteiger partial charge in [0.25, 0.3) is 16.7 Å². The standard InChI is InChI=1S/C22H27FN10O11P2S.C21H25N9O10P2S.C18H21FN12O10P2S2/c1-38-45(35,36)40-3-10-11(23)14(20(42-10)33-8-29-13-17(33)30-21(25)31-18(13)34)44-46(37,47)41-5-22-2-9(39-4-22)19(43-22)32-7-28-12-15(24)26-6-27-16(12)32;22-16-10-1-2-29(17(10)25-7-24-16)14-4-11-13(38-14)6-36-42(34,43)40-12-3-9(5-35-41(32,33)39-11)37-20(12)30-8-26-15-18(30)27-21(23)28-19(15)31;19-6-10-4(39-16(6)30-13-7(26-28-30)12(20)22-3-23-13)1-38-43(36,44)41-11-9(32)5(2-37-42(34,35)40-10)45-17(11)31-14-8(27-29-31)15(33)25-18(21)24-14/h6-11,14,19-20H,2-5H2,1H3,(H,35,36)(H,37,47)(H2,24,26,27)(H3,25,30,31,34);1-2,7-9,11-14,20H,3-6H2,(H,32,33)(H,34,43)(H2,22,24,25)(H3,23,27,28,31);3-6,9-11,16-17,32H,1-2H2,(H,34,35)(H,36,44)(H2,20,22,23)(H3,21,24,25,33)/t9-,10-,11+,14-,19-,20-,22-,46?;9-,11-,12+,13+,14+,20+,42?;4-,5-,6+,9-,10-,11-,16-,17-,43?/m101/s1. The highest BCUT2D eigenvalue weighted by Crippen LogP contribution is 2.60. The largest absolute Gasteiger partial charge is 0.472 e. The van der Waals surface area contributed by atoms with E-state index in [2.05, 4.69) is 99.9 Å². The molecule has 6 unspecified atom stereocenters. The molecule has 74 heteroatoms. The normalized spacial score (nSPS) is 34.8. The molecule has 0 aliphatic carbocycles. The van der Waals surface area contributed by atoms with Crippen molar-refractivity contribution in [2.24, 2.45) is 0 Å². The van der Waals surface area contributed by atoms with Crippen LogP contribution in [0.2, 0.25) is 0 Å². The highest BCUT2D eigenvalue weighted by Gasteiger charge is 2.59. The van der Waals surface area contributed by atoms with Crippen molar-refractivity contribution in [3.05, 3.63) is 81.3 Å². The van der Waals surface area contributed by atoms with Gasteiger partial charge in [0.15, 0.2) is 99.2 Å². The van der Waals surface area contributed by atoms with Crippen molar-refractivity contribution in [2.45, 2.75) is 146 Å². The molecular formula is C61H73F2N31O31P6S4. The molecule has 22 N–H and O–H groups in total. The number of phosphoric acid groups is 3. The molecule has 726 valence electrons. The number of thioether (sulfide) groups is 1. The maximum Gasteiger partial charge on any atom is 0.472 e. The highest BCUT2D eigenvalue weighted by atomic mass is 32.5. The number of nitrogens with two attached hydrogens (primary N) is 6. The predicted octanol–water partition coefficient (Wildman–Crippen LogP) is -1.51. The smallest absolute Gasteiger partial charge is 0.389 e. The highest BCUT2D eigenvalue weighted by molar-refractivity contribution is 8.07. The van der Waals surface area contributed by atoms with Crippen LogP contribution < -0.4 is 51.1 Å². The molecule has 62 nitrogen and oxygen atoms in total. The molecule has 12 aromatic rings.